The molecule has 39 heavy (non-hydrogen) atoms. The maximum Gasteiger partial charge on any atom is 0.251 e. The van der Waals surface area contributed by atoms with Crippen LogP contribution >= 0.6 is 0 Å². The van der Waals surface area contributed by atoms with Crippen LogP contribution in [0.3, 0.4) is 0 Å². The number of carbonyl (C=O) groups excluding carboxylic acids is 1. The van der Waals surface area contributed by atoms with Crippen LogP contribution in [-0.4, -0.2) is 47.7 Å². The summed E-state index contributed by atoms with van der Waals surface area (Å²) in [7, 11) is 4.01. The van der Waals surface area contributed by atoms with Crippen LogP contribution in [0.2, 0.25) is 0 Å². The summed E-state index contributed by atoms with van der Waals surface area (Å²) in [6.45, 7) is 13.0. The number of rotatable bonds is 6. The second-order valence-electron chi connectivity index (χ2n) is 13.3. The number of fused-ring (bicyclic) bond motifs is 1. The number of carbonyl (C=O) groups is 1. The van der Waals surface area contributed by atoms with E-state index in [1.165, 1.54) is 0 Å². The quantitative estimate of drug-likeness (QED) is 0.341. The fourth-order valence-corrected chi connectivity index (χ4v) is 5.41. The number of phenolic OH excluding ortho intramolecular Hbond substituents is 1. The van der Waals surface area contributed by atoms with Gasteiger partial charge in [-0.3, -0.25) is 4.79 Å². The molecule has 0 atom stereocenters. The average Bonchev–Trinajstić information content (AvgIpc) is 2.86. The molecule has 2 aromatic carbocycles. The summed E-state index contributed by atoms with van der Waals surface area (Å²) in [5.41, 5.74) is 2.62. The number of phenols is 1. The summed E-state index contributed by atoms with van der Waals surface area (Å²) in [5, 5.41) is 18.8. The lowest BCUT2D eigenvalue weighted by Crippen LogP contribution is -2.34. The molecule has 1 fully saturated rings. The third-order valence-electron chi connectivity index (χ3n) is 7.73. The first-order valence-corrected chi connectivity index (χ1v) is 14.1. The summed E-state index contributed by atoms with van der Waals surface area (Å²) in [4.78, 5) is 24.8. The second-order valence-corrected chi connectivity index (χ2v) is 13.3. The minimum atomic E-state index is -0.270. The van der Waals surface area contributed by atoms with Gasteiger partial charge in [0, 0.05) is 48.8 Å². The molecule has 1 aliphatic carbocycles. The lowest BCUT2D eigenvalue weighted by molar-refractivity contribution is 0.0943. The number of hydrogen-bond acceptors (Lipinski definition) is 6. The number of anilines is 2. The van der Waals surface area contributed by atoms with Crippen molar-refractivity contribution in [2.45, 2.75) is 84.1 Å². The maximum atomic E-state index is 13.2. The van der Waals surface area contributed by atoms with E-state index in [1.807, 2.05) is 49.3 Å². The van der Waals surface area contributed by atoms with Crippen molar-refractivity contribution in [3.05, 3.63) is 53.1 Å². The molecule has 1 aliphatic rings. The smallest absolute Gasteiger partial charge is 0.251 e. The molecule has 0 spiro atoms. The van der Waals surface area contributed by atoms with Crippen molar-refractivity contribution in [3.8, 4) is 5.75 Å². The number of amides is 1. The van der Waals surface area contributed by atoms with Crippen molar-refractivity contribution >= 4 is 28.6 Å². The highest BCUT2D eigenvalue weighted by Gasteiger charge is 2.28. The van der Waals surface area contributed by atoms with E-state index >= 15 is 0 Å². The molecule has 1 heterocycles. The van der Waals surface area contributed by atoms with Crippen LogP contribution in [0.4, 0.5) is 11.8 Å². The highest BCUT2D eigenvalue weighted by molar-refractivity contribution is 5.95. The van der Waals surface area contributed by atoms with E-state index in [1.54, 1.807) is 0 Å². The first-order chi connectivity index (χ1) is 18.2. The van der Waals surface area contributed by atoms with Gasteiger partial charge in [-0.25, -0.2) is 4.98 Å². The summed E-state index contributed by atoms with van der Waals surface area (Å²) in [6, 6.07) is 12.1. The van der Waals surface area contributed by atoms with Crippen LogP contribution in [-0.2, 0) is 10.8 Å². The Bertz CT molecular complexity index is 1290. The van der Waals surface area contributed by atoms with Crippen molar-refractivity contribution in [2.24, 2.45) is 5.92 Å². The van der Waals surface area contributed by atoms with Gasteiger partial charge in [0.1, 0.15) is 11.6 Å². The Labute approximate surface area is 233 Å². The molecule has 3 N–H and O–H groups in total. The van der Waals surface area contributed by atoms with Gasteiger partial charge in [0.2, 0.25) is 5.95 Å². The summed E-state index contributed by atoms with van der Waals surface area (Å²) >= 11 is 0. The first kappa shape index (κ1) is 28.7. The topological polar surface area (TPSA) is 90.4 Å². The zero-order chi connectivity index (χ0) is 28.5. The lowest BCUT2D eigenvalue weighted by Gasteiger charge is -2.30. The zero-order valence-corrected chi connectivity index (χ0v) is 24.9. The largest absolute Gasteiger partial charge is 0.507 e. The Balaban J connectivity index is 1.38. The maximum absolute atomic E-state index is 13.2. The van der Waals surface area contributed by atoms with Gasteiger partial charge in [-0.1, -0.05) is 53.7 Å². The number of benzene rings is 2. The predicted octanol–water partition coefficient (Wildman–Crippen LogP) is 6.40. The Morgan fingerprint density at radius 3 is 2.10 bits per heavy atom. The summed E-state index contributed by atoms with van der Waals surface area (Å²) in [6.07, 6.45) is 4.08. The molecule has 7 heteroatoms. The molecule has 0 radical (unpaired) electrons. The Kier molecular flexibility index (Phi) is 8.10. The highest BCUT2D eigenvalue weighted by atomic mass is 16.3. The van der Waals surface area contributed by atoms with Gasteiger partial charge in [0.05, 0.1) is 5.52 Å². The number of para-hydroxylation sites is 1. The minimum absolute atomic E-state index is 0.0768. The molecule has 7 nitrogen and oxygen atoms in total. The van der Waals surface area contributed by atoms with E-state index in [4.69, 9.17) is 9.97 Å². The van der Waals surface area contributed by atoms with Gasteiger partial charge in [0.15, 0.2) is 0 Å². The van der Waals surface area contributed by atoms with Crippen LogP contribution in [0.15, 0.2) is 36.4 Å². The second kappa shape index (κ2) is 11.0. The number of aromatic hydroxyl groups is 1. The molecular formula is C32H45N5O2. The molecule has 0 saturated heterocycles. The summed E-state index contributed by atoms with van der Waals surface area (Å²) in [5.74, 6) is 2.24. The minimum Gasteiger partial charge on any atom is -0.507 e. The predicted molar refractivity (Wildman–Crippen MR) is 161 cm³/mol. The fourth-order valence-electron chi connectivity index (χ4n) is 5.41. The normalized spacial score (nSPS) is 18.2. The number of nitrogens with one attached hydrogen (secondary N) is 2. The van der Waals surface area contributed by atoms with Gasteiger partial charge < -0.3 is 20.6 Å². The average molecular weight is 532 g/mol. The first-order valence-electron chi connectivity index (χ1n) is 14.1. The van der Waals surface area contributed by atoms with E-state index in [2.05, 4.69) is 58.2 Å². The highest BCUT2D eigenvalue weighted by Crippen LogP contribution is 2.40. The molecule has 1 aromatic heterocycles. The van der Waals surface area contributed by atoms with Crippen LogP contribution in [0, 0.1) is 5.92 Å². The van der Waals surface area contributed by atoms with E-state index < -0.39 is 0 Å². The third kappa shape index (κ3) is 6.63. The van der Waals surface area contributed by atoms with Crippen LogP contribution < -0.4 is 15.5 Å². The molecule has 1 saturated carbocycles. The number of aromatic nitrogens is 2. The Hall–Kier alpha value is -3.35. The molecule has 0 bridgehead atoms. The van der Waals surface area contributed by atoms with Crippen LogP contribution in [0.5, 0.6) is 5.75 Å². The van der Waals surface area contributed by atoms with Crippen molar-refractivity contribution < 1.29 is 9.90 Å². The Morgan fingerprint density at radius 1 is 0.949 bits per heavy atom. The lowest BCUT2D eigenvalue weighted by atomic mass is 9.78. The van der Waals surface area contributed by atoms with E-state index in [-0.39, 0.29) is 16.7 Å². The van der Waals surface area contributed by atoms with Crippen molar-refractivity contribution in [2.75, 3.05) is 30.9 Å². The van der Waals surface area contributed by atoms with Crippen LogP contribution in [0.1, 0.15) is 88.7 Å². The molecule has 0 unspecified atom stereocenters. The third-order valence-corrected chi connectivity index (χ3v) is 7.73. The van der Waals surface area contributed by atoms with Crippen molar-refractivity contribution in [3.63, 3.8) is 0 Å². The zero-order valence-electron chi connectivity index (χ0n) is 24.9. The fraction of sp³-hybridized carbons (Fsp3) is 0.531. The molecule has 0 aliphatic heterocycles. The molecule has 210 valence electrons. The molecule has 1 amide bonds. The van der Waals surface area contributed by atoms with Gasteiger partial charge >= 0.3 is 0 Å². The van der Waals surface area contributed by atoms with Gasteiger partial charge in [0.25, 0.3) is 5.91 Å². The monoisotopic (exact) mass is 531 g/mol. The summed E-state index contributed by atoms with van der Waals surface area (Å²) < 4.78 is 0. The van der Waals surface area contributed by atoms with Gasteiger partial charge in [-0.15, -0.1) is 0 Å². The van der Waals surface area contributed by atoms with Gasteiger partial charge in [-0.2, -0.15) is 4.98 Å². The van der Waals surface area contributed by atoms with Crippen LogP contribution in [0.25, 0.3) is 10.9 Å². The number of nitrogens with zero attached hydrogens (tertiary/aromatic N) is 3. The molecule has 4 rings (SSSR count). The molecule has 3 aromatic rings. The standard InChI is InChI=1S/C32H45N5O2/c1-31(2,3)24-17-21(18-25(27(24)38)32(4,5)6)29(39)33-19-20-13-15-22(16-14-20)34-30-35-26-12-10-9-11-23(26)28(36-30)37(7)8/h9-12,17-18,20,22,38H,13-16,19H2,1-8H3,(H,33,39)(H,34,35,36). The van der Waals surface area contributed by atoms with E-state index in [0.29, 0.717) is 35.8 Å². The van der Waals surface area contributed by atoms with Crippen molar-refractivity contribution in [1.29, 1.82) is 0 Å². The molecular weight excluding hydrogens is 486 g/mol. The van der Waals surface area contributed by atoms with Crippen molar-refractivity contribution in [1.82, 2.24) is 15.3 Å². The SMILES string of the molecule is CN(C)c1nc(NC2CCC(CNC(=O)c3cc(C(C)(C)C)c(O)c(C(C)(C)C)c3)CC2)nc2ccccc12. The van der Waals surface area contributed by atoms with E-state index in [9.17, 15) is 9.90 Å². The Morgan fingerprint density at radius 2 is 1.54 bits per heavy atom. The van der Waals surface area contributed by atoms with Gasteiger partial charge in [-0.05, 0) is 66.7 Å². The number of hydrogen-bond donors (Lipinski definition) is 3. The van der Waals surface area contributed by atoms with E-state index in [0.717, 1.165) is 53.5 Å².